The normalized spacial score (nSPS) is 19.9. The minimum atomic E-state index is 1.27. The molecule has 1 saturated carbocycles. The van der Waals surface area contributed by atoms with Crippen LogP contribution in [0.5, 0.6) is 0 Å². The molecule has 0 aromatic carbocycles. The third kappa shape index (κ3) is 2.82. The van der Waals surface area contributed by atoms with Crippen LogP contribution in [0, 0.1) is 6.04 Å². The first-order chi connectivity index (χ1) is 5.34. The van der Waals surface area contributed by atoms with Gasteiger partial charge in [-0.3, -0.25) is 4.90 Å². The SMILES string of the molecule is CCCCN(C)[C]1CCCC1. The van der Waals surface area contributed by atoms with E-state index in [1.807, 2.05) is 0 Å². The van der Waals surface area contributed by atoms with Gasteiger partial charge in [0.05, 0.1) is 0 Å². The molecule has 0 saturated heterocycles. The molecule has 0 aromatic heterocycles. The van der Waals surface area contributed by atoms with Crippen LogP contribution in [-0.2, 0) is 0 Å². The standard InChI is InChI=1S/C10H20N/c1-3-4-9-11(2)10-7-5-6-8-10/h3-9H2,1-2H3. The van der Waals surface area contributed by atoms with E-state index in [9.17, 15) is 0 Å². The lowest BCUT2D eigenvalue weighted by Gasteiger charge is -2.22. The van der Waals surface area contributed by atoms with Gasteiger partial charge in [0, 0.05) is 6.04 Å². The summed E-state index contributed by atoms with van der Waals surface area (Å²) in [5.74, 6) is 0. The summed E-state index contributed by atoms with van der Waals surface area (Å²) in [4.78, 5) is 2.47. The van der Waals surface area contributed by atoms with Crippen molar-refractivity contribution in [1.29, 1.82) is 0 Å². The second kappa shape index (κ2) is 4.76. The zero-order valence-corrected chi connectivity index (χ0v) is 7.90. The Kier molecular flexibility index (Phi) is 3.92. The lowest BCUT2D eigenvalue weighted by molar-refractivity contribution is 0.328. The largest absolute Gasteiger partial charge is 0.299 e. The quantitative estimate of drug-likeness (QED) is 0.602. The molecule has 1 rings (SSSR count). The van der Waals surface area contributed by atoms with Crippen LogP contribution in [0.2, 0.25) is 0 Å². The van der Waals surface area contributed by atoms with Gasteiger partial charge in [-0.1, -0.05) is 26.2 Å². The highest BCUT2D eigenvalue weighted by Gasteiger charge is 2.19. The fourth-order valence-corrected chi connectivity index (χ4v) is 1.72. The van der Waals surface area contributed by atoms with Gasteiger partial charge in [-0.15, -0.1) is 0 Å². The van der Waals surface area contributed by atoms with Gasteiger partial charge in [0.2, 0.25) is 0 Å². The predicted octanol–water partition coefficient (Wildman–Crippen LogP) is 2.82. The monoisotopic (exact) mass is 154 g/mol. The molecule has 1 radical (unpaired) electrons. The molecule has 0 unspecified atom stereocenters. The van der Waals surface area contributed by atoms with Gasteiger partial charge in [0.25, 0.3) is 0 Å². The molecule has 0 aromatic rings. The Morgan fingerprint density at radius 1 is 1.27 bits per heavy atom. The number of hydrogen-bond acceptors (Lipinski definition) is 1. The molecule has 0 bridgehead atoms. The number of hydrogen-bond donors (Lipinski definition) is 0. The van der Waals surface area contributed by atoms with Crippen LogP contribution in [0.3, 0.4) is 0 Å². The maximum absolute atomic E-state index is 2.47. The Hall–Kier alpha value is -0.0400. The van der Waals surface area contributed by atoms with E-state index in [4.69, 9.17) is 0 Å². The zero-order chi connectivity index (χ0) is 8.10. The van der Waals surface area contributed by atoms with Crippen molar-refractivity contribution in [3.05, 3.63) is 6.04 Å². The average molecular weight is 154 g/mol. The van der Waals surface area contributed by atoms with Crippen molar-refractivity contribution in [2.24, 2.45) is 0 Å². The van der Waals surface area contributed by atoms with Gasteiger partial charge in [-0.25, -0.2) is 0 Å². The second-order valence-corrected chi connectivity index (χ2v) is 3.55. The molecule has 11 heavy (non-hydrogen) atoms. The summed E-state index contributed by atoms with van der Waals surface area (Å²) in [6.07, 6.45) is 8.23. The van der Waals surface area contributed by atoms with Gasteiger partial charge in [0.1, 0.15) is 0 Å². The summed E-state index contributed by atoms with van der Waals surface area (Å²) < 4.78 is 0. The average Bonchev–Trinajstić information content (AvgIpc) is 2.52. The lowest BCUT2D eigenvalue weighted by atomic mass is 10.2. The first-order valence-electron chi connectivity index (χ1n) is 4.90. The van der Waals surface area contributed by atoms with E-state index in [1.165, 1.54) is 45.1 Å². The van der Waals surface area contributed by atoms with Crippen LogP contribution in [0.15, 0.2) is 0 Å². The van der Waals surface area contributed by atoms with Crippen molar-refractivity contribution < 1.29 is 0 Å². The van der Waals surface area contributed by atoms with E-state index in [0.717, 1.165) is 0 Å². The van der Waals surface area contributed by atoms with E-state index in [1.54, 1.807) is 6.04 Å². The topological polar surface area (TPSA) is 3.24 Å². The Labute approximate surface area is 70.8 Å². The van der Waals surface area contributed by atoms with Crippen LogP contribution in [-0.4, -0.2) is 18.5 Å². The molecule has 0 spiro atoms. The van der Waals surface area contributed by atoms with Crippen LogP contribution in [0.4, 0.5) is 0 Å². The van der Waals surface area contributed by atoms with Gasteiger partial charge in [0.15, 0.2) is 0 Å². The van der Waals surface area contributed by atoms with Crippen molar-refractivity contribution in [1.82, 2.24) is 4.90 Å². The van der Waals surface area contributed by atoms with E-state index >= 15 is 0 Å². The third-order valence-electron chi connectivity index (χ3n) is 2.57. The van der Waals surface area contributed by atoms with Crippen molar-refractivity contribution in [3.63, 3.8) is 0 Å². The Balaban J connectivity index is 2.12. The van der Waals surface area contributed by atoms with Crippen molar-refractivity contribution in [2.75, 3.05) is 13.6 Å². The van der Waals surface area contributed by atoms with Crippen molar-refractivity contribution in [3.8, 4) is 0 Å². The molecule has 0 amide bonds. The first kappa shape index (κ1) is 9.05. The molecule has 1 nitrogen and oxygen atoms in total. The number of nitrogens with zero attached hydrogens (tertiary/aromatic N) is 1. The Bertz CT molecular complexity index is 95.0. The highest BCUT2D eigenvalue weighted by Crippen LogP contribution is 2.28. The highest BCUT2D eigenvalue weighted by atomic mass is 15.1. The molecule has 0 aliphatic heterocycles. The van der Waals surface area contributed by atoms with Gasteiger partial charge < -0.3 is 0 Å². The molecular weight excluding hydrogens is 134 g/mol. The van der Waals surface area contributed by atoms with Gasteiger partial charge in [-0.05, 0) is 32.9 Å². The summed E-state index contributed by atoms with van der Waals surface area (Å²) in [5, 5.41) is 0. The molecule has 65 valence electrons. The number of rotatable bonds is 4. The fraction of sp³-hybridized carbons (Fsp3) is 0.900. The maximum atomic E-state index is 2.47. The van der Waals surface area contributed by atoms with E-state index in [2.05, 4.69) is 18.9 Å². The van der Waals surface area contributed by atoms with Gasteiger partial charge >= 0.3 is 0 Å². The molecule has 0 heterocycles. The van der Waals surface area contributed by atoms with E-state index < -0.39 is 0 Å². The first-order valence-corrected chi connectivity index (χ1v) is 4.90. The van der Waals surface area contributed by atoms with Crippen LogP contribution in [0.1, 0.15) is 45.4 Å². The molecule has 1 heteroatoms. The maximum Gasteiger partial charge on any atom is 0.0390 e. The molecular formula is C10H20N. The van der Waals surface area contributed by atoms with Crippen molar-refractivity contribution >= 4 is 0 Å². The van der Waals surface area contributed by atoms with Crippen LogP contribution < -0.4 is 0 Å². The molecule has 1 aliphatic carbocycles. The van der Waals surface area contributed by atoms with E-state index in [-0.39, 0.29) is 0 Å². The molecule has 0 N–H and O–H groups in total. The van der Waals surface area contributed by atoms with Crippen molar-refractivity contribution in [2.45, 2.75) is 45.4 Å². The molecule has 1 aliphatic rings. The third-order valence-corrected chi connectivity index (χ3v) is 2.57. The summed E-state index contributed by atoms with van der Waals surface area (Å²) in [5.41, 5.74) is 0. The summed E-state index contributed by atoms with van der Waals surface area (Å²) in [7, 11) is 2.25. The minimum Gasteiger partial charge on any atom is -0.299 e. The zero-order valence-electron chi connectivity index (χ0n) is 7.90. The summed E-state index contributed by atoms with van der Waals surface area (Å²) in [6.45, 7) is 3.53. The van der Waals surface area contributed by atoms with E-state index in [0.29, 0.717) is 0 Å². The highest BCUT2D eigenvalue weighted by molar-refractivity contribution is 4.92. The minimum absolute atomic E-state index is 1.27. The molecule has 1 fully saturated rings. The fourth-order valence-electron chi connectivity index (χ4n) is 1.72. The summed E-state index contributed by atoms with van der Waals surface area (Å²) >= 11 is 0. The van der Waals surface area contributed by atoms with Gasteiger partial charge in [-0.2, -0.15) is 0 Å². The second-order valence-electron chi connectivity index (χ2n) is 3.55. The number of unbranched alkanes of at least 4 members (excludes halogenated alkanes) is 1. The Morgan fingerprint density at radius 3 is 2.45 bits per heavy atom. The predicted molar refractivity (Wildman–Crippen MR) is 49.2 cm³/mol. The lowest BCUT2D eigenvalue weighted by Crippen LogP contribution is -2.23. The van der Waals surface area contributed by atoms with Crippen LogP contribution >= 0.6 is 0 Å². The molecule has 0 atom stereocenters. The smallest absolute Gasteiger partial charge is 0.0390 e. The summed E-state index contributed by atoms with van der Waals surface area (Å²) in [6, 6.07) is 1.69. The Morgan fingerprint density at radius 2 is 1.91 bits per heavy atom. The van der Waals surface area contributed by atoms with Crippen LogP contribution in [0.25, 0.3) is 0 Å².